The molecular weight excluding hydrogens is 945 g/mol. The lowest BCUT2D eigenvalue weighted by molar-refractivity contribution is -0.271. The first-order valence-electron chi connectivity index (χ1n) is 23.0. The second-order valence-corrected chi connectivity index (χ2v) is 17.8. The highest BCUT2D eigenvalue weighted by Gasteiger charge is 2.51. The third-order valence-electron chi connectivity index (χ3n) is 13.2. The van der Waals surface area contributed by atoms with Crippen LogP contribution in [0.3, 0.4) is 0 Å². The molecule has 0 aliphatic carbocycles. The van der Waals surface area contributed by atoms with Crippen LogP contribution in [0.2, 0.25) is 0 Å². The molecule has 3 heterocycles. The molecule has 0 radical (unpaired) electrons. The smallest absolute Gasteiger partial charge is 0.335 e. The Kier molecular flexibility index (Phi) is 15.7. The molecule has 3 fully saturated rings. The number of hydrogen-bond acceptors (Lipinski definition) is 11. The Morgan fingerprint density at radius 1 is 0.542 bits per heavy atom. The molecule has 18 heteroatoms. The fraction of sp³-hybridized carbons (Fsp3) is 0.278. The maximum absolute atomic E-state index is 13.6. The van der Waals surface area contributed by atoms with Crippen LogP contribution in [-0.4, -0.2) is 84.2 Å². The van der Waals surface area contributed by atoms with Crippen LogP contribution in [0.1, 0.15) is 72.2 Å². The van der Waals surface area contributed by atoms with E-state index in [9.17, 15) is 67.7 Å². The Bertz CT molecular complexity index is 2810. The van der Waals surface area contributed by atoms with E-state index in [1.807, 2.05) is 0 Å². The van der Waals surface area contributed by atoms with E-state index in [2.05, 4.69) is 0 Å². The molecule has 0 bridgehead atoms. The summed E-state index contributed by atoms with van der Waals surface area (Å²) < 4.78 is 64.0. The predicted molar refractivity (Wildman–Crippen MR) is 251 cm³/mol. The number of carboxylic acid groups (broad SMARTS) is 1. The van der Waals surface area contributed by atoms with Crippen molar-refractivity contribution in [3.05, 3.63) is 191 Å². The zero-order valence-electron chi connectivity index (χ0n) is 38.1. The number of β-lactam (4-membered cyclic amide) rings is 2. The van der Waals surface area contributed by atoms with Gasteiger partial charge in [-0.2, -0.15) is 0 Å². The fourth-order valence-electron chi connectivity index (χ4n) is 9.28. The van der Waals surface area contributed by atoms with Gasteiger partial charge in [0.2, 0.25) is 18.1 Å². The minimum atomic E-state index is -1.85. The van der Waals surface area contributed by atoms with Gasteiger partial charge in [-0.3, -0.25) is 9.59 Å². The lowest BCUT2D eigenvalue weighted by Gasteiger charge is -2.48. The summed E-state index contributed by atoms with van der Waals surface area (Å²) in [4.78, 5) is 40.7. The topological polar surface area (TPSA) is 218 Å². The third-order valence-corrected chi connectivity index (χ3v) is 13.2. The molecule has 1 unspecified atom stereocenters. The number of carboxylic acids is 1. The highest BCUT2D eigenvalue weighted by atomic mass is 19.1. The van der Waals surface area contributed by atoms with Crippen LogP contribution < -0.4 is 14.5 Å². The number of phenolic OH excluding ortho intramolecular Hbond substituents is 1. The number of nitrogens with zero attached hydrogens (tertiary/aromatic N) is 2. The molecule has 376 valence electrons. The van der Waals surface area contributed by atoms with Crippen molar-refractivity contribution >= 4 is 29.2 Å². The van der Waals surface area contributed by atoms with E-state index < -0.39 is 72.5 Å². The van der Waals surface area contributed by atoms with E-state index in [1.54, 1.807) is 53.4 Å². The molecule has 0 aromatic heterocycles. The van der Waals surface area contributed by atoms with Crippen molar-refractivity contribution < 1.29 is 77.2 Å². The fourth-order valence-corrected chi connectivity index (χ4v) is 9.28. The molecule has 0 saturated carbocycles. The molecule has 14 nitrogen and oxygen atoms in total. The summed E-state index contributed by atoms with van der Waals surface area (Å²) in [5.41, 5.74) is 3.71. The van der Waals surface area contributed by atoms with Crippen molar-refractivity contribution in [2.75, 3.05) is 9.80 Å². The Balaban J connectivity index is 0.000000204. The Morgan fingerprint density at radius 3 is 1.31 bits per heavy atom. The monoisotopic (exact) mass is 994 g/mol. The summed E-state index contributed by atoms with van der Waals surface area (Å²) in [6.45, 7) is 0. The Hall–Kier alpha value is -7.19. The molecule has 11 atom stereocenters. The molecule has 3 aliphatic heterocycles. The first kappa shape index (κ1) is 51.2. The zero-order valence-corrected chi connectivity index (χ0v) is 38.1. The molecule has 9 rings (SSSR count). The van der Waals surface area contributed by atoms with Crippen molar-refractivity contribution in [3.8, 4) is 11.5 Å². The molecular formula is C54H50F4N2O12. The molecule has 7 N–H and O–H groups in total. The maximum Gasteiger partial charge on any atom is 0.335 e. The number of anilines is 2. The molecule has 6 aromatic rings. The van der Waals surface area contributed by atoms with Gasteiger partial charge >= 0.3 is 5.97 Å². The number of phenols is 1. The summed E-state index contributed by atoms with van der Waals surface area (Å²) in [5, 5.41) is 70.1. The molecule has 2 amide bonds. The van der Waals surface area contributed by atoms with Gasteiger partial charge in [0.1, 0.15) is 53.1 Å². The van der Waals surface area contributed by atoms with Crippen molar-refractivity contribution in [2.24, 2.45) is 11.8 Å². The van der Waals surface area contributed by atoms with Crippen molar-refractivity contribution in [2.45, 2.75) is 80.7 Å². The number of carbonyl (C=O) groups excluding carboxylic acids is 2. The molecule has 72 heavy (non-hydrogen) atoms. The number of hydrogen-bond donors (Lipinski definition) is 7. The van der Waals surface area contributed by atoms with Crippen molar-refractivity contribution in [1.29, 1.82) is 0 Å². The Labute approximate surface area is 410 Å². The number of aliphatic hydroxyl groups is 5. The minimum absolute atomic E-state index is 0.106. The van der Waals surface area contributed by atoms with Crippen LogP contribution >= 0.6 is 0 Å². The molecule has 0 spiro atoms. The number of aliphatic carboxylic acids is 1. The van der Waals surface area contributed by atoms with Crippen molar-refractivity contribution in [1.82, 2.24) is 0 Å². The number of benzene rings is 6. The quantitative estimate of drug-likeness (QED) is 0.0397. The Morgan fingerprint density at radius 2 is 0.917 bits per heavy atom. The third kappa shape index (κ3) is 11.1. The number of ether oxygens (including phenoxy) is 2. The highest BCUT2D eigenvalue weighted by Crippen LogP contribution is 2.48. The van der Waals surface area contributed by atoms with Gasteiger partial charge in [0, 0.05) is 11.4 Å². The normalized spacial score (nSPS) is 24.5. The van der Waals surface area contributed by atoms with Crippen molar-refractivity contribution in [3.63, 3.8) is 0 Å². The van der Waals surface area contributed by atoms with E-state index in [0.717, 1.165) is 5.56 Å². The van der Waals surface area contributed by atoms with Gasteiger partial charge in [0.05, 0.1) is 36.1 Å². The summed E-state index contributed by atoms with van der Waals surface area (Å²) in [7, 11) is 0. The molecule has 3 aliphatic rings. The number of halogens is 4. The first-order valence-corrected chi connectivity index (χ1v) is 23.0. The second-order valence-electron chi connectivity index (χ2n) is 17.8. The van der Waals surface area contributed by atoms with E-state index in [4.69, 9.17) is 9.47 Å². The SMILES string of the molecule is O=C(O)[C@H]1O[C@@H](Oc2ccc([C@@H]3[C@@H](CC[C@H](O)c4ccc(F)cc4)C(=O)N3c3ccc(F)cc3)cc2)[C@H](O)[C@@H](O)[C@@H]1O.O=C1[C@H](CC[C@H](O)c2ccc(F)cc2)C(c2ccc(O)cc2)N1c1ccc(F)cc1. The van der Waals surface area contributed by atoms with Crippen LogP contribution in [0.15, 0.2) is 146 Å². The van der Waals surface area contributed by atoms with Gasteiger partial charge in [-0.25, -0.2) is 22.4 Å². The van der Waals surface area contributed by atoms with Crippen LogP contribution in [0.5, 0.6) is 11.5 Å². The van der Waals surface area contributed by atoms with Gasteiger partial charge in [0.25, 0.3) is 0 Å². The van der Waals surface area contributed by atoms with Gasteiger partial charge in [-0.15, -0.1) is 0 Å². The van der Waals surface area contributed by atoms with Crippen LogP contribution in [0.4, 0.5) is 28.9 Å². The summed E-state index contributed by atoms with van der Waals surface area (Å²) in [6.07, 6.45) is -9.23. The molecule has 6 aromatic carbocycles. The maximum atomic E-state index is 13.6. The first-order chi connectivity index (χ1) is 34.5. The second kappa shape index (κ2) is 22.1. The van der Waals surface area contributed by atoms with Crippen LogP contribution in [0, 0.1) is 35.1 Å². The van der Waals surface area contributed by atoms with E-state index >= 15 is 0 Å². The number of amides is 2. The number of aromatic hydroxyl groups is 1. The van der Waals surface area contributed by atoms with Gasteiger partial charge in [0.15, 0.2) is 6.10 Å². The van der Waals surface area contributed by atoms with E-state index in [1.165, 1.54) is 102 Å². The number of rotatable bonds is 15. The van der Waals surface area contributed by atoms with E-state index in [-0.39, 0.29) is 53.3 Å². The van der Waals surface area contributed by atoms with E-state index in [0.29, 0.717) is 47.3 Å². The lowest BCUT2D eigenvalue weighted by Crippen LogP contribution is -2.61. The summed E-state index contributed by atoms with van der Waals surface area (Å²) in [6, 6.07) is 34.5. The van der Waals surface area contributed by atoms with Crippen LogP contribution in [-0.2, 0) is 19.1 Å². The summed E-state index contributed by atoms with van der Waals surface area (Å²) >= 11 is 0. The highest BCUT2D eigenvalue weighted by molar-refractivity contribution is 6.04. The average molecular weight is 995 g/mol. The largest absolute Gasteiger partial charge is 0.508 e. The van der Waals surface area contributed by atoms with Gasteiger partial charge in [-0.1, -0.05) is 48.5 Å². The minimum Gasteiger partial charge on any atom is -0.508 e. The predicted octanol–water partition coefficient (Wildman–Crippen LogP) is 7.34. The number of aliphatic hydroxyl groups excluding tert-OH is 5. The average Bonchev–Trinajstić information content (AvgIpc) is 3.37. The number of carbonyl (C=O) groups is 3. The molecule has 3 saturated heterocycles. The van der Waals surface area contributed by atoms with Gasteiger partial charge < -0.3 is 55.0 Å². The zero-order chi connectivity index (χ0) is 51.4. The standard InChI is InChI=1S/C30H29F2NO9.C24H21F2NO3/c31-17-5-1-15(2-6-17)22(34)14-13-21-23(33(28(21)38)19-9-7-18(32)8-10-19)16-3-11-20(12-4-16)41-30-26(37)24(35)25(36)27(42-30)29(39)40;25-17-5-1-15(2-6-17)22(29)14-13-21-23(16-3-11-20(28)12-4-16)27(24(21)30)19-9-7-18(26)8-10-19/h1-12,21-27,30,34-37H,13-14H2,(H,39,40);1-12,21-23,28-29H,13-14H2/t21-,22+,23-,24+,25+,26-,27+,30-;21-,22+,23?/m11/s1. The van der Waals surface area contributed by atoms with Crippen LogP contribution in [0.25, 0.3) is 0 Å². The van der Waals surface area contributed by atoms with Gasteiger partial charge in [-0.05, 0) is 145 Å². The summed E-state index contributed by atoms with van der Waals surface area (Å²) in [5.74, 6) is -4.13. The lowest BCUT2D eigenvalue weighted by atomic mass is 9.78.